The third kappa shape index (κ3) is 4.22. The van der Waals surface area contributed by atoms with Crippen LogP contribution in [0.4, 0.5) is 5.69 Å². The predicted molar refractivity (Wildman–Crippen MR) is 111 cm³/mol. The van der Waals surface area contributed by atoms with Crippen molar-refractivity contribution in [2.24, 2.45) is 14.1 Å². The van der Waals surface area contributed by atoms with E-state index < -0.39 is 11.2 Å². The Morgan fingerprint density at radius 2 is 1.90 bits per heavy atom. The lowest BCUT2D eigenvalue weighted by Crippen LogP contribution is -2.38. The number of benzene rings is 1. The number of aromatic nitrogens is 4. The number of nitrogens with zero attached hydrogens (tertiary/aromatic N) is 4. The second-order valence-corrected chi connectivity index (χ2v) is 7.40. The SMILES string of the molecule is COCc1nc(SCC(=O)Nc2ccccc2C)c2c(=O)n(C)c(=O)n(C)c2n1. The largest absolute Gasteiger partial charge is 0.377 e. The summed E-state index contributed by atoms with van der Waals surface area (Å²) in [5.74, 6) is 0.134. The number of nitrogens with one attached hydrogen (secondary N) is 1. The molecule has 9 nitrogen and oxygen atoms in total. The third-order valence-corrected chi connectivity index (χ3v) is 5.32. The van der Waals surface area contributed by atoms with Gasteiger partial charge in [-0.1, -0.05) is 30.0 Å². The van der Waals surface area contributed by atoms with Crippen LogP contribution >= 0.6 is 11.8 Å². The smallest absolute Gasteiger partial charge is 0.332 e. The Bertz CT molecular complexity index is 1200. The summed E-state index contributed by atoms with van der Waals surface area (Å²) < 4.78 is 7.38. The van der Waals surface area contributed by atoms with Crippen LogP contribution in [-0.4, -0.2) is 37.9 Å². The van der Waals surface area contributed by atoms with E-state index in [1.54, 1.807) is 0 Å². The molecule has 29 heavy (non-hydrogen) atoms. The maximum absolute atomic E-state index is 12.7. The summed E-state index contributed by atoms with van der Waals surface area (Å²) in [4.78, 5) is 46.0. The van der Waals surface area contributed by atoms with Crippen molar-refractivity contribution in [1.29, 1.82) is 0 Å². The first-order valence-electron chi connectivity index (χ1n) is 8.77. The summed E-state index contributed by atoms with van der Waals surface area (Å²) in [5.41, 5.74) is 0.891. The minimum Gasteiger partial charge on any atom is -0.377 e. The first-order chi connectivity index (χ1) is 13.8. The Kier molecular flexibility index (Phi) is 6.14. The van der Waals surface area contributed by atoms with Gasteiger partial charge in [-0.2, -0.15) is 0 Å². The normalized spacial score (nSPS) is 11.0. The van der Waals surface area contributed by atoms with Crippen LogP contribution in [0, 0.1) is 6.92 Å². The van der Waals surface area contributed by atoms with Gasteiger partial charge in [-0.25, -0.2) is 14.8 Å². The fourth-order valence-corrected chi connectivity index (χ4v) is 3.64. The minimum atomic E-state index is -0.506. The summed E-state index contributed by atoms with van der Waals surface area (Å²) in [7, 11) is 4.43. The van der Waals surface area contributed by atoms with Crippen LogP contribution in [0.25, 0.3) is 11.0 Å². The Morgan fingerprint density at radius 1 is 1.17 bits per heavy atom. The number of hydrogen-bond acceptors (Lipinski definition) is 7. The number of thioether (sulfide) groups is 1. The van der Waals surface area contributed by atoms with Gasteiger partial charge in [0.2, 0.25) is 5.91 Å². The van der Waals surface area contributed by atoms with Crippen LogP contribution in [0.2, 0.25) is 0 Å². The van der Waals surface area contributed by atoms with Gasteiger partial charge < -0.3 is 10.1 Å². The fraction of sp³-hybridized carbons (Fsp3) is 0.316. The predicted octanol–water partition coefficient (Wildman–Crippen LogP) is 1.21. The fourth-order valence-electron chi connectivity index (χ4n) is 2.80. The van der Waals surface area contributed by atoms with Crippen molar-refractivity contribution >= 4 is 34.4 Å². The molecule has 1 amide bonds. The molecule has 0 saturated carbocycles. The molecule has 3 rings (SSSR count). The maximum atomic E-state index is 12.7. The molecular weight excluding hydrogens is 394 g/mol. The lowest BCUT2D eigenvalue weighted by Gasteiger charge is -2.12. The van der Waals surface area contributed by atoms with Crippen molar-refractivity contribution in [2.45, 2.75) is 18.6 Å². The molecule has 0 radical (unpaired) electrons. The highest BCUT2D eigenvalue weighted by atomic mass is 32.2. The van der Waals surface area contributed by atoms with Gasteiger partial charge in [-0.15, -0.1) is 0 Å². The van der Waals surface area contributed by atoms with E-state index in [4.69, 9.17) is 4.74 Å². The molecule has 10 heteroatoms. The van der Waals surface area contributed by atoms with Crippen molar-refractivity contribution in [1.82, 2.24) is 19.1 Å². The molecule has 0 bridgehead atoms. The second kappa shape index (κ2) is 8.58. The number of fused-ring (bicyclic) bond motifs is 1. The van der Waals surface area contributed by atoms with Gasteiger partial charge in [0, 0.05) is 26.9 Å². The van der Waals surface area contributed by atoms with Crippen LogP contribution in [0.15, 0.2) is 38.9 Å². The molecule has 0 aliphatic heterocycles. The number of ether oxygens (including phenoxy) is 1. The highest BCUT2D eigenvalue weighted by Crippen LogP contribution is 2.23. The van der Waals surface area contributed by atoms with Gasteiger partial charge in [-0.3, -0.25) is 18.7 Å². The summed E-state index contributed by atoms with van der Waals surface area (Å²) >= 11 is 1.11. The molecular formula is C19H21N5O4S. The number of carbonyl (C=O) groups is 1. The van der Waals surface area contributed by atoms with Crippen molar-refractivity contribution in [3.05, 3.63) is 56.5 Å². The van der Waals surface area contributed by atoms with Crippen LogP contribution in [-0.2, 0) is 30.2 Å². The molecule has 0 aliphatic rings. The second-order valence-electron chi connectivity index (χ2n) is 6.43. The first kappa shape index (κ1) is 20.7. The molecule has 0 saturated heterocycles. The number of para-hydroxylation sites is 1. The number of carbonyl (C=O) groups excluding carboxylic acids is 1. The number of anilines is 1. The lowest BCUT2D eigenvalue weighted by atomic mass is 10.2. The Labute approximate surface area is 170 Å². The van der Waals surface area contributed by atoms with Crippen LogP contribution in [0.3, 0.4) is 0 Å². The number of aryl methyl sites for hydroxylation is 2. The van der Waals surface area contributed by atoms with Crippen molar-refractivity contribution in [2.75, 3.05) is 18.2 Å². The average molecular weight is 415 g/mol. The van der Waals surface area contributed by atoms with E-state index in [2.05, 4.69) is 15.3 Å². The van der Waals surface area contributed by atoms with E-state index in [-0.39, 0.29) is 29.3 Å². The van der Waals surface area contributed by atoms with Crippen LogP contribution in [0.5, 0.6) is 0 Å². The van der Waals surface area contributed by atoms with Gasteiger partial charge in [0.15, 0.2) is 11.5 Å². The molecule has 0 atom stereocenters. The van der Waals surface area contributed by atoms with Crippen molar-refractivity contribution in [3.63, 3.8) is 0 Å². The number of hydrogen-bond donors (Lipinski definition) is 1. The maximum Gasteiger partial charge on any atom is 0.332 e. The molecule has 1 aromatic carbocycles. The number of amides is 1. The van der Waals surface area contributed by atoms with E-state index in [0.717, 1.165) is 27.6 Å². The molecule has 2 aromatic heterocycles. The highest BCUT2D eigenvalue weighted by Gasteiger charge is 2.18. The average Bonchev–Trinajstić information content (AvgIpc) is 2.70. The summed E-state index contributed by atoms with van der Waals surface area (Å²) in [6, 6.07) is 7.46. The van der Waals surface area contributed by atoms with Gasteiger partial charge in [0.25, 0.3) is 5.56 Å². The summed E-state index contributed by atoms with van der Waals surface area (Å²) in [5, 5.41) is 3.38. The highest BCUT2D eigenvalue weighted by molar-refractivity contribution is 8.00. The lowest BCUT2D eigenvalue weighted by molar-refractivity contribution is -0.113. The third-order valence-electron chi connectivity index (χ3n) is 4.35. The molecule has 0 fully saturated rings. The molecule has 152 valence electrons. The zero-order chi connectivity index (χ0) is 21.1. The molecule has 0 unspecified atom stereocenters. The Hall–Kier alpha value is -2.98. The number of rotatable bonds is 6. The van der Waals surface area contributed by atoms with Gasteiger partial charge in [0.1, 0.15) is 17.0 Å². The van der Waals surface area contributed by atoms with E-state index in [1.807, 2.05) is 31.2 Å². The molecule has 0 aliphatic carbocycles. The monoisotopic (exact) mass is 415 g/mol. The first-order valence-corrected chi connectivity index (χ1v) is 9.76. The summed E-state index contributed by atoms with van der Waals surface area (Å²) in [6.45, 7) is 2.02. The summed E-state index contributed by atoms with van der Waals surface area (Å²) in [6.07, 6.45) is 0. The van der Waals surface area contributed by atoms with Gasteiger partial charge >= 0.3 is 5.69 Å². The van der Waals surface area contributed by atoms with Gasteiger partial charge in [-0.05, 0) is 18.6 Å². The zero-order valence-corrected chi connectivity index (χ0v) is 17.4. The van der Waals surface area contributed by atoms with Crippen molar-refractivity contribution in [3.8, 4) is 0 Å². The molecule has 2 heterocycles. The minimum absolute atomic E-state index is 0.0405. The van der Waals surface area contributed by atoms with E-state index in [1.165, 1.54) is 25.8 Å². The zero-order valence-electron chi connectivity index (χ0n) is 16.6. The molecule has 1 N–H and O–H groups in total. The Balaban J connectivity index is 1.97. The quantitative estimate of drug-likeness (QED) is 0.476. The Morgan fingerprint density at radius 3 is 2.59 bits per heavy atom. The van der Waals surface area contributed by atoms with E-state index in [9.17, 15) is 14.4 Å². The van der Waals surface area contributed by atoms with Gasteiger partial charge in [0.05, 0.1) is 5.75 Å². The number of methoxy groups -OCH3 is 1. The van der Waals surface area contributed by atoms with Crippen molar-refractivity contribution < 1.29 is 9.53 Å². The topological polar surface area (TPSA) is 108 Å². The molecule has 0 spiro atoms. The van der Waals surface area contributed by atoms with Crippen LogP contribution in [0.1, 0.15) is 11.4 Å². The molecule has 3 aromatic rings. The van der Waals surface area contributed by atoms with E-state index in [0.29, 0.717) is 10.9 Å². The van der Waals surface area contributed by atoms with Crippen LogP contribution < -0.4 is 16.6 Å². The standard InChI is InChI=1S/C19H21N5O4S/c1-11-7-5-6-8-12(11)20-14(25)10-29-17-15-16(21-13(22-17)9-28-4)23(2)19(27)24(3)18(15)26/h5-8H,9-10H2,1-4H3,(H,20,25). The van der Waals surface area contributed by atoms with E-state index >= 15 is 0 Å².